The molecule has 8 atom stereocenters. The highest BCUT2D eigenvalue weighted by molar-refractivity contribution is 7.99. The van der Waals surface area contributed by atoms with Crippen molar-refractivity contribution in [3.05, 3.63) is 12.7 Å². The van der Waals surface area contributed by atoms with E-state index in [9.17, 15) is 183 Å². The molecule has 0 fully saturated rings. The van der Waals surface area contributed by atoms with E-state index in [1.807, 2.05) is 0 Å². The first-order valence-electron chi connectivity index (χ1n) is 20.3. The summed E-state index contributed by atoms with van der Waals surface area (Å²) in [5.74, 6) is 1.76. The Morgan fingerprint density at radius 3 is 0.913 bits per heavy atom. The first kappa shape index (κ1) is 123. The van der Waals surface area contributed by atoms with Crippen molar-refractivity contribution >= 4 is 184 Å². The third-order valence-corrected chi connectivity index (χ3v) is 25.1. The summed E-state index contributed by atoms with van der Waals surface area (Å²) >= 11 is 0. The van der Waals surface area contributed by atoms with Crippen LogP contribution in [0.25, 0.3) is 0 Å². The largest absolute Gasteiger partial charge is 0.495 e. The predicted octanol–water partition coefficient (Wildman–Crippen LogP) is -0.906. The third kappa shape index (κ3) is 139. The molecular weight excluding hydrogens is 1930 g/mol. The van der Waals surface area contributed by atoms with Crippen molar-refractivity contribution in [3.8, 4) is 24.9 Å². The van der Waals surface area contributed by atoms with Crippen LogP contribution in [0.15, 0.2) is 12.7 Å². The molecule has 0 saturated heterocycles. The molecule has 0 rings (SSSR count). The molecule has 0 saturated carbocycles. The molecule has 89 heteroatoms. The van der Waals surface area contributed by atoms with Crippen molar-refractivity contribution in [2.75, 3.05) is 33.2 Å². The van der Waals surface area contributed by atoms with E-state index in [0.29, 0.717) is 14.9 Å². The molecule has 0 aromatic carbocycles. The lowest BCUT2D eigenvalue weighted by Crippen LogP contribution is -2.26. The number of rotatable bonds is 31. The van der Waals surface area contributed by atoms with Gasteiger partial charge >= 0.3 is 174 Å². The van der Waals surface area contributed by atoms with E-state index in [0.717, 1.165) is 40.1 Å². The summed E-state index contributed by atoms with van der Waals surface area (Å²) in [6, 6.07) is 0. The van der Waals surface area contributed by atoms with Crippen molar-refractivity contribution in [1.29, 1.82) is 0 Å². The zero-order valence-corrected chi connectivity index (χ0v) is 65.8. The standard InChI is InChI=1S/C3H9FNO5PS.C3H5FNO5PS.C3H7FNO5PS.C2H7FNO5PS.C2H3FNO5PS.CH5FNO5PS.CH5FNO4PS.2F2H2NO4PS.FH2NO5S2/c1-3(2)10-11(4,6)5-12(7,8)9;1-2-3-10-11(4,6)5-12(7,8)9;1-2-3-10-12(8,9)5-11(4,6)7;1-2-9-10(3,5)4-11(6,7)8;1-2-9-11(7,8)4-10(3,5)6;1-8-10(6,7)3-9(2,4)5;1-9(6,7)3-8(2,4)5;1-8(4,5)3-9(2,6)7;1-8(2,4)3-9(5,6)7;1-8(3,4)2-9(5,6)7/h3H,1-2H3,(H,5,6)(H,7,8,9);1H,3H2,(H,5,6)(H,7,8,9);2H,1,3H2,(H2,5,6,7);2H2,1H3,(H,4,5)(H,6,7,8);1H,(H2,4,5,6);1H3,(H2,3,4,5);1H3,(H2,3,4,5);(H2,3,4,5);(H,3,4)(H,5,6,7);2H,(H,5,6,7). The molecule has 0 amide bonds. The van der Waals surface area contributed by atoms with Gasteiger partial charge in [-0.2, -0.15) is 84.2 Å². The van der Waals surface area contributed by atoms with Crippen LogP contribution in [0.2, 0.25) is 0 Å². The van der Waals surface area contributed by atoms with Crippen LogP contribution in [0, 0.1) is 24.9 Å². The minimum atomic E-state index is -5.88. The molecule has 0 aliphatic carbocycles. The van der Waals surface area contributed by atoms with Gasteiger partial charge in [-0.15, -0.1) is 59.5 Å². The van der Waals surface area contributed by atoms with Crippen molar-refractivity contribution in [3.63, 3.8) is 0 Å². The first-order valence-corrected chi connectivity index (χ1v) is 50.1. The molecule has 104 heavy (non-hydrogen) atoms. The van der Waals surface area contributed by atoms with E-state index < -0.39 is 203 Å². The predicted molar refractivity (Wildman–Crippen MR) is 317 cm³/mol. The fourth-order valence-corrected chi connectivity index (χ4v) is 16.5. The monoisotopic (exact) mass is 1980 g/mol. The maximum atomic E-state index is 12.5. The Bertz CT molecular complexity index is 4460. The lowest BCUT2D eigenvalue weighted by Gasteiger charge is -2.10. The summed E-state index contributed by atoms with van der Waals surface area (Å²) in [6.07, 6.45) is 11.0. The Hall–Kier alpha value is -1.66. The molecule has 0 spiro atoms. The van der Waals surface area contributed by atoms with E-state index in [2.05, 4.69) is 45.5 Å². The van der Waals surface area contributed by atoms with Gasteiger partial charge in [-0.25, -0.2) is 49.5 Å². The molecule has 0 aromatic rings. The fourth-order valence-electron chi connectivity index (χ4n) is 2.34. The fraction of sp³-hybridized carbons (Fsp3) is 0.600. The summed E-state index contributed by atoms with van der Waals surface area (Å²) in [5, 5.41) is 0. The minimum absolute atomic E-state index is 0.208. The van der Waals surface area contributed by atoms with Gasteiger partial charge in [0.05, 0.1) is 32.7 Å². The zero-order valence-electron chi connectivity index (χ0n) is 48.8. The van der Waals surface area contributed by atoms with Gasteiger partial charge < -0.3 is 28.7 Å². The van der Waals surface area contributed by atoms with E-state index in [1.54, 1.807) is 5.92 Å². The van der Waals surface area contributed by atoms with Gasteiger partial charge in [0.1, 0.15) is 12.7 Å². The molecule has 0 aromatic heterocycles. The van der Waals surface area contributed by atoms with Gasteiger partial charge in [0.15, 0.2) is 0 Å². The number of nitrogens with one attached hydrogen (secondary N) is 10. The number of sulfonamides is 1. The van der Waals surface area contributed by atoms with Crippen molar-refractivity contribution in [2.24, 2.45) is 0 Å². The van der Waals surface area contributed by atoms with Gasteiger partial charge in [-0.1, -0.05) is 66.3 Å². The second-order valence-corrected chi connectivity index (χ2v) is 42.0. The average molecular weight is 1980 g/mol. The smallest absolute Gasteiger partial charge is 0.316 e. The van der Waals surface area contributed by atoms with Gasteiger partial charge in [-0.05, 0) is 20.8 Å². The molecule has 0 aliphatic rings. The first-order chi connectivity index (χ1) is 44.3. The SMILES string of the molecule is C#CCOP(=O)(F)NS(=O)(=O)O.C#COS(=O)(=O)NP(=O)(O)F.C=CCOS(=O)(=O)NP(=O)(O)F.CC(C)OP(=O)(F)NS(=O)(=O)O.CCOP(=O)(F)NS(=O)(=O)O.COS(=O)(=O)NP(=O)(O)F.CS(=O)(=O)NP(=O)(O)F.O=P(F)(F)NS(=O)(=O)O.O=P(O)(F)NS(=O)(=O)F.O=S(=O)(O)NS(=O)(=O)F. The normalized spacial score (nSPS) is 16.9. The summed E-state index contributed by atoms with van der Waals surface area (Å²) in [6.45, 7) is 5.81. The lowest BCUT2D eigenvalue weighted by molar-refractivity contribution is 0.220. The van der Waals surface area contributed by atoms with Crippen molar-refractivity contribution < 1.29 is 257 Å². The van der Waals surface area contributed by atoms with Crippen LogP contribution in [0.1, 0.15) is 20.8 Å². The quantitative estimate of drug-likeness (QED) is 0.00998. The van der Waals surface area contributed by atoms with Gasteiger partial charge in [0.25, 0.3) is 0 Å². The van der Waals surface area contributed by atoms with E-state index >= 15 is 0 Å². The molecular formula is C15H47F12N10O47P9S11. The lowest BCUT2D eigenvalue weighted by atomic mass is 10.5. The number of hydrogen-bond acceptors (Lipinski definition) is 37. The Kier molecular flexibility index (Phi) is 58.9. The highest BCUT2D eigenvalue weighted by atomic mass is 32.3. The van der Waals surface area contributed by atoms with Gasteiger partial charge in [0, 0.05) is 0 Å². The van der Waals surface area contributed by atoms with Gasteiger partial charge in [-0.3, -0.25) is 44.7 Å². The second kappa shape index (κ2) is 49.7. The minimum Gasteiger partial charge on any atom is -0.316 e. The topological polar surface area (TPSA) is 907 Å². The summed E-state index contributed by atoms with van der Waals surface area (Å²) in [5.41, 5.74) is 0. The van der Waals surface area contributed by atoms with Crippen LogP contribution >= 0.6 is 70.6 Å². The third-order valence-electron chi connectivity index (χ3n) is 3.95. The maximum absolute atomic E-state index is 12.5. The summed E-state index contributed by atoms with van der Waals surface area (Å²) in [4.78, 5) is 38.8. The average Bonchev–Trinajstić information content (AvgIpc) is 0.908. The molecule has 8 unspecified atom stereocenters. The molecule has 0 aliphatic heterocycles. The Morgan fingerprint density at radius 1 is 0.452 bits per heavy atom. The highest BCUT2D eigenvalue weighted by Crippen LogP contribution is 2.47. The Balaban J connectivity index is -0.000000118. The summed E-state index contributed by atoms with van der Waals surface area (Å²) in [7, 11) is -99.6. The van der Waals surface area contributed by atoms with E-state index in [1.165, 1.54) is 26.9 Å². The Morgan fingerprint density at radius 2 is 0.750 bits per heavy atom. The molecule has 0 radical (unpaired) electrons. The maximum Gasteiger partial charge on any atom is 0.495 e. The van der Waals surface area contributed by atoms with Crippen LogP contribution in [-0.4, -0.2) is 179 Å². The molecule has 20 N–H and O–H groups in total. The van der Waals surface area contributed by atoms with Crippen LogP contribution in [0.3, 0.4) is 0 Å². The van der Waals surface area contributed by atoms with Crippen LogP contribution < -0.4 is 44.6 Å². The highest BCUT2D eigenvalue weighted by Gasteiger charge is 2.32. The molecule has 634 valence electrons. The van der Waals surface area contributed by atoms with Crippen LogP contribution in [0.5, 0.6) is 0 Å². The summed E-state index contributed by atoms with van der Waals surface area (Å²) < 4.78 is 512. The molecule has 0 bridgehead atoms. The van der Waals surface area contributed by atoms with E-state index in [-0.39, 0.29) is 15.6 Å². The van der Waals surface area contributed by atoms with Crippen LogP contribution in [0.4, 0.5) is 49.7 Å². The molecule has 0 heterocycles. The zero-order chi connectivity index (χ0) is 87.1. The van der Waals surface area contributed by atoms with Gasteiger partial charge in [0.2, 0.25) is 10.0 Å². The van der Waals surface area contributed by atoms with Crippen molar-refractivity contribution in [1.82, 2.24) is 44.6 Å². The van der Waals surface area contributed by atoms with E-state index in [4.69, 9.17) is 47.2 Å². The number of halogens is 12. The second-order valence-electron chi connectivity index (χ2n) is 13.7. The number of terminal acetylenes is 2. The Labute approximate surface area is 579 Å². The molecule has 57 nitrogen and oxygen atoms in total. The van der Waals surface area contributed by atoms with Crippen LogP contribution in [-0.2, 0) is 180 Å². The number of hydrogen-bond donors (Lipinski definition) is 20. The van der Waals surface area contributed by atoms with Crippen molar-refractivity contribution in [2.45, 2.75) is 26.9 Å².